The zero-order valence-electron chi connectivity index (χ0n) is 12.3. The molecule has 0 amide bonds. The lowest BCUT2D eigenvalue weighted by atomic mass is 10.0. The maximum Gasteiger partial charge on any atom is 0.123 e. The third-order valence-electron chi connectivity index (χ3n) is 3.61. The number of likely N-dealkylation sites (N-methyl/N-ethyl adjacent to an activating group) is 1. The van der Waals surface area contributed by atoms with Crippen LogP contribution in [0.15, 0.2) is 46.9 Å². The van der Waals surface area contributed by atoms with E-state index in [0.717, 1.165) is 22.3 Å². The van der Waals surface area contributed by atoms with Crippen molar-refractivity contribution < 1.29 is 4.39 Å². The van der Waals surface area contributed by atoms with Crippen molar-refractivity contribution in [1.82, 2.24) is 0 Å². The third-order valence-corrected chi connectivity index (χ3v) is 4.30. The summed E-state index contributed by atoms with van der Waals surface area (Å²) in [4.78, 5) is 2.19. The Labute approximate surface area is 133 Å². The summed E-state index contributed by atoms with van der Waals surface area (Å²) < 4.78 is 14.2. The molecule has 4 heteroatoms. The molecule has 0 aromatic heterocycles. The summed E-state index contributed by atoms with van der Waals surface area (Å²) in [6, 6.07) is 12.9. The molecule has 0 fully saturated rings. The Bertz CT molecular complexity index is 598. The Balaban J connectivity index is 2.39. The number of hydrogen-bond acceptors (Lipinski definition) is 2. The van der Waals surface area contributed by atoms with Crippen molar-refractivity contribution in [3.8, 4) is 0 Å². The Kier molecular flexibility index (Phi) is 5.37. The summed E-state index contributed by atoms with van der Waals surface area (Å²) in [5.41, 5.74) is 9.34. The molecule has 0 spiro atoms. The van der Waals surface area contributed by atoms with Gasteiger partial charge in [0, 0.05) is 23.2 Å². The fraction of sp³-hybridized carbons (Fsp3) is 0.294. The van der Waals surface area contributed by atoms with Gasteiger partial charge < -0.3 is 10.6 Å². The van der Waals surface area contributed by atoms with Crippen molar-refractivity contribution in [3.63, 3.8) is 0 Å². The molecule has 0 radical (unpaired) electrons. The molecule has 0 saturated heterocycles. The van der Waals surface area contributed by atoms with Crippen molar-refractivity contribution in [1.29, 1.82) is 0 Å². The second-order valence-electron chi connectivity index (χ2n) is 5.04. The molecule has 2 N–H and O–H groups in total. The standard InChI is InChI=1S/C17H20BrFN2/c1-3-21(14-7-5-13(19)6-8-14)17(11-20)15-9-4-12(2)10-16(15)18/h4-10,17H,3,11,20H2,1-2H3. The number of halogens is 2. The first-order chi connectivity index (χ1) is 10.1. The van der Waals surface area contributed by atoms with E-state index in [-0.39, 0.29) is 11.9 Å². The van der Waals surface area contributed by atoms with Gasteiger partial charge in [0.2, 0.25) is 0 Å². The van der Waals surface area contributed by atoms with Crippen LogP contribution in [0.1, 0.15) is 24.1 Å². The molecular formula is C17H20BrFN2. The van der Waals surface area contributed by atoms with Crippen LogP contribution in [0.3, 0.4) is 0 Å². The maximum atomic E-state index is 13.1. The largest absolute Gasteiger partial charge is 0.363 e. The van der Waals surface area contributed by atoms with Gasteiger partial charge >= 0.3 is 0 Å². The van der Waals surface area contributed by atoms with Crippen molar-refractivity contribution in [3.05, 3.63) is 63.9 Å². The highest BCUT2D eigenvalue weighted by molar-refractivity contribution is 9.10. The number of rotatable bonds is 5. The van der Waals surface area contributed by atoms with Crippen molar-refractivity contribution >= 4 is 21.6 Å². The molecule has 112 valence electrons. The smallest absolute Gasteiger partial charge is 0.123 e. The number of benzene rings is 2. The maximum absolute atomic E-state index is 13.1. The lowest BCUT2D eigenvalue weighted by molar-refractivity contribution is 0.622. The van der Waals surface area contributed by atoms with Gasteiger partial charge in [0.15, 0.2) is 0 Å². The van der Waals surface area contributed by atoms with Crippen LogP contribution in [0.5, 0.6) is 0 Å². The molecule has 0 saturated carbocycles. The predicted molar refractivity (Wildman–Crippen MR) is 90.1 cm³/mol. The number of nitrogens with zero attached hydrogens (tertiary/aromatic N) is 1. The summed E-state index contributed by atoms with van der Waals surface area (Å²) in [5, 5.41) is 0. The van der Waals surface area contributed by atoms with Crippen LogP contribution in [-0.4, -0.2) is 13.1 Å². The predicted octanol–water partition coefficient (Wildman–Crippen LogP) is 4.42. The minimum absolute atomic E-state index is 0.0513. The summed E-state index contributed by atoms with van der Waals surface area (Å²) >= 11 is 3.63. The first-order valence-corrected chi connectivity index (χ1v) is 7.84. The van der Waals surface area contributed by atoms with E-state index in [2.05, 4.69) is 52.9 Å². The molecule has 0 aliphatic heterocycles. The van der Waals surface area contributed by atoms with E-state index in [0.29, 0.717) is 6.54 Å². The van der Waals surface area contributed by atoms with Crippen molar-refractivity contribution in [2.75, 3.05) is 18.0 Å². The molecule has 0 bridgehead atoms. The van der Waals surface area contributed by atoms with Gasteiger partial charge in [0.1, 0.15) is 5.82 Å². The lowest BCUT2D eigenvalue weighted by Gasteiger charge is -2.33. The van der Waals surface area contributed by atoms with Gasteiger partial charge in [-0.05, 0) is 55.3 Å². The average molecular weight is 351 g/mol. The van der Waals surface area contributed by atoms with E-state index >= 15 is 0 Å². The lowest BCUT2D eigenvalue weighted by Crippen LogP contribution is -2.34. The van der Waals surface area contributed by atoms with Gasteiger partial charge in [-0.2, -0.15) is 0 Å². The molecule has 1 unspecified atom stereocenters. The summed E-state index contributed by atoms with van der Waals surface area (Å²) in [5.74, 6) is -0.226. The minimum atomic E-state index is -0.226. The molecule has 2 rings (SSSR count). The van der Waals surface area contributed by atoms with Gasteiger partial charge in [0.05, 0.1) is 6.04 Å². The van der Waals surface area contributed by atoms with E-state index < -0.39 is 0 Å². The molecule has 2 nitrogen and oxygen atoms in total. The number of nitrogens with two attached hydrogens (primary N) is 1. The van der Waals surface area contributed by atoms with Crippen LogP contribution < -0.4 is 10.6 Å². The Morgan fingerprint density at radius 1 is 1.19 bits per heavy atom. The van der Waals surface area contributed by atoms with Crippen LogP contribution in [0, 0.1) is 12.7 Å². The number of anilines is 1. The molecule has 2 aromatic carbocycles. The zero-order chi connectivity index (χ0) is 15.4. The Morgan fingerprint density at radius 3 is 2.38 bits per heavy atom. The fourth-order valence-electron chi connectivity index (χ4n) is 2.54. The molecule has 1 atom stereocenters. The van der Waals surface area contributed by atoms with E-state index in [4.69, 9.17) is 5.73 Å². The topological polar surface area (TPSA) is 29.3 Å². The Morgan fingerprint density at radius 2 is 1.86 bits per heavy atom. The second-order valence-corrected chi connectivity index (χ2v) is 5.89. The van der Waals surface area contributed by atoms with Crippen LogP contribution >= 0.6 is 15.9 Å². The molecule has 0 aliphatic rings. The third kappa shape index (κ3) is 3.63. The van der Waals surface area contributed by atoms with Crippen LogP contribution in [-0.2, 0) is 0 Å². The van der Waals surface area contributed by atoms with Crippen molar-refractivity contribution in [2.45, 2.75) is 19.9 Å². The monoisotopic (exact) mass is 350 g/mol. The first-order valence-electron chi connectivity index (χ1n) is 7.05. The van der Waals surface area contributed by atoms with E-state index in [9.17, 15) is 4.39 Å². The van der Waals surface area contributed by atoms with Gasteiger partial charge in [-0.1, -0.05) is 28.1 Å². The second kappa shape index (κ2) is 7.05. The van der Waals surface area contributed by atoms with Crippen LogP contribution in [0.2, 0.25) is 0 Å². The Hall–Kier alpha value is -1.39. The quantitative estimate of drug-likeness (QED) is 0.864. The molecule has 21 heavy (non-hydrogen) atoms. The molecule has 2 aromatic rings. The summed E-state index contributed by atoms with van der Waals surface area (Å²) in [6.07, 6.45) is 0. The van der Waals surface area contributed by atoms with E-state index in [1.165, 1.54) is 17.7 Å². The fourth-order valence-corrected chi connectivity index (χ4v) is 3.30. The van der Waals surface area contributed by atoms with Crippen LogP contribution in [0.4, 0.5) is 10.1 Å². The van der Waals surface area contributed by atoms with E-state index in [1.54, 1.807) is 12.1 Å². The van der Waals surface area contributed by atoms with Gasteiger partial charge in [0.25, 0.3) is 0 Å². The average Bonchev–Trinajstić information content (AvgIpc) is 2.47. The normalized spacial score (nSPS) is 12.2. The summed E-state index contributed by atoms with van der Waals surface area (Å²) in [6.45, 7) is 5.43. The highest BCUT2D eigenvalue weighted by atomic mass is 79.9. The summed E-state index contributed by atoms with van der Waals surface area (Å²) in [7, 11) is 0. The van der Waals surface area contributed by atoms with Crippen LogP contribution in [0.25, 0.3) is 0 Å². The first kappa shape index (κ1) is 16.0. The SMILES string of the molecule is CCN(c1ccc(F)cc1)C(CN)c1ccc(C)cc1Br. The number of hydrogen-bond donors (Lipinski definition) is 1. The van der Waals surface area contributed by atoms with Gasteiger partial charge in [-0.25, -0.2) is 4.39 Å². The zero-order valence-corrected chi connectivity index (χ0v) is 13.9. The van der Waals surface area contributed by atoms with E-state index in [1.807, 2.05) is 0 Å². The van der Waals surface area contributed by atoms with Gasteiger partial charge in [-0.3, -0.25) is 0 Å². The molecule has 0 heterocycles. The molecule has 0 aliphatic carbocycles. The van der Waals surface area contributed by atoms with Gasteiger partial charge in [-0.15, -0.1) is 0 Å². The highest BCUT2D eigenvalue weighted by Gasteiger charge is 2.20. The number of aryl methyl sites for hydroxylation is 1. The molecular weight excluding hydrogens is 331 g/mol. The van der Waals surface area contributed by atoms with Crippen molar-refractivity contribution in [2.24, 2.45) is 5.73 Å². The minimum Gasteiger partial charge on any atom is -0.363 e. The highest BCUT2D eigenvalue weighted by Crippen LogP contribution is 2.31.